The molecule has 9 heavy (non-hydrogen) atoms. The van der Waals surface area contributed by atoms with Crippen molar-refractivity contribution in [2.45, 2.75) is 18.6 Å². The van der Waals surface area contributed by atoms with E-state index in [1.54, 1.807) is 0 Å². The van der Waals surface area contributed by atoms with Gasteiger partial charge >= 0.3 is 0 Å². The third-order valence-electron chi connectivity index (χ3n) is 2.08. The second-order valence-electron chi connectivity index (χ2n) is 2.68. The van der Waals surface area contributed by atoms with Crippen LogP contribution >= 0.6 is 0 Å². The number of ether oxygens (including phenoxy) is 1. The predicted octanol–water partition coefficient (Wildman–Crippen LogP) is 0.322. The molecular weight excluding hydrogens is 116 g/mol. The average Bonchev–Trinajstić information content (AvgIpc) is 2.45. The highest BCUT2D eigenvalue weighted by Crippen LogP contribution is 2.33. The Hall–Kier alpha value is -0.340. The molecule has 0 amide bonds. The molecule has 0 aromatic carbocycles. The minimum Gasteiger partial charge on any atom is -0.394 e. The highest BCUT2D eigenvalue weighted by molar-refractivity contribution is 5.10. The molecule has 0 saturated carbocycles. The quantitative estimate of drug-likeness (QED) is 0.513. The van der Waals surface area contributed by atoms with Crippen molar-refractivity contribution in [3.63, 3.8) is 0 Å². The largest absolute Gasteiger partial charge is 0.394 e. The maximum Gasteiger partial charge on any atom is 0.0877 e. The molecule has 1 aliphatic carbocycles. The molecule has 0 aromatic heterocycles. The molecular formula is C7H10O2. The van der Waals surface area contributed by atoms with E-state index in [9.17, 15) is 0 Å². The molecule has 2 aliphatic rings. The van der Waals surface area contributed by atoms with Crippen molar-refractivity contribution >= 4 is 0 Å². The molecule has 50 valence electrons. The van der Waals surface area contributed by atoms with Crippen molar-refractivity contribution in [1.29, 1.82) is 0 Å². The van der Waals surface area contributed by atoms with Crippen LogP contribution in [0.1, 0.15) is 6.42 Å². The van der Waals surface area contributed by atoms with Gasteiger partial charge in [0.05, 0.1) is 18.8 Å². The Morgan fingerprint density at radius 1 is 1.56 bits per heavy atom. The van der Waals surface area contributed by atoms with Crippen molar-refractivity contribution in [3.8, 4) is 0 Å². The van der Waals surface area contributed by atoms with E-state index in [-0.39, 0.29) is 12.7 Å². The van der Waals surface area contributed by atoms with E-state index < -0.39 is 0 Å². The van der Waals surface area contributed by atoms with Crippen LogP contribution in [-0.2, 0) is 4.74 Å². The second kappa shape index (κ2) is 1.82. The van der Waals surface area contributed by atoms with Crippen molar-refractivity contribution < 1.29 is 9.84 Å². The first-order valence-electron chi connectivity index (χ1n) is 3.35. The monoisotopic (exact) mass is 126 g/mol. The third-order valence-corrected chi connectivity index (χ3v) is 2.08. The van der Waals surface area contributed by atoms with E-state index >= 15 is 0 Å². The van der Waals surface area contributed by atoms with Crippen LogP contribution in [0.3, 0.4) is 0 Å². The van der Waals surface area contributed by atoms with Gasteiger partial charge in [-0.1, -0.05) is 12.2 Å². The van der Waals surface area contributed by atoms with Gasteiger partial charge in [-0.25, -0.2) is 0 Å². The molecule has 3 atom stereocenters. The Bertz CT molecular complexity index is 142. The molecule has 3 unspecified atom stereocenters. The maximum absolute atomic E-state index is 8.73. The summed E-state index contributed by atoms with van der Waals surface area (Å²) < 4.78 is 5.37. The van der Waals surface area contributed by atoms with Crippen molar-refractivity contribution in [3.05, 3.63) is 12.2 Å². The number of hydrogen-bond donors (Lipinski definition) is 1. The fraction of sp³-hybridized carbons (Fsp3) is 0.714. The summed E-state index contributed by atoms with van der Waals surface area (Å²) in [6, 6.07) is 0. The summed E-state index contributed by atoms with van der Waals surface area (Å²) in [6.07, 6.45) is 5.73. The normalized spacial score (nSPS) is 46.6. The van der Waals surface area contributed by atoms with Crippen LogP contribution in [0.2, 0.25) is 0 Å². The number of aliphatic hydroxyl groups is 1. The Kier molecular flexibility index (Phi) is 1.10. The molecule has 2 heteroatoms. The van der Waals surface area contributed by atoms with Gasteiger partial charge in [0.1, 0.15) is 0 Å². The summed E-state index contributed by atoms with van der Waals surface area (Å²) in [5, 5.41) is 8.73. The van der Waals surface area contributed by atoms with E-state index in [4.69, 9.17) is 9.84 Å². The summed E-state index contributed by atoms with van der Waals surface area (Å²) in [5.41, 5.74) is 0. The van der Waals surface area contributed by atoms with Gasteiger partial charge in [0.15, 0.2) is 0 Å². The van der Waals surface area contributed by atoms with Crippen LogP contribution in [-0.4, -0.2) is 23.9 Å². The van der Waals surface area contributed by atoms with E-state index in [2.05, 4.69) is 12.2 Å². The van der Waals surface area contributed by atoms with Gasteiger partial charge in [-0.15, -0.1) is 0 Å². The van der Waals surface area contributed by atoms with E-state index in [0.717, 1.165) is 6.42 Å². The molecule has 0 spiro atoms. The standard InChI is InChI=1S/C7H10O2/c8-4-7-5-1-2-6(3-5)9-7/h1-2,5-8H,3-4H2. The summed E-state index contributed by atoms with van der Waals surface area (Å²) in [6.45, 7) is 0.172. The van der Waals surface area contributed by atoms with Gasteiger partial charge in [0.25, 0.3) is 0 Å². The summed E-state index contributed by atoms with van der Waals surface area (Å²) in [5.74, 6) is 0.500. The van der Waals surface area contributed by atoms with Crippen LogP contribution in [0.25, 0.3) is 0 Å². The summed E-state index contributed by atoms with van der Waals surface area (Å²) in [4.78, 5) is 0. The lowest BCUT2D eigenvalue weighted by atomic mass is 10.1. The average molecular weight is 126 g/mol. The van der Waals surface area contributed by atoms with Crippen LogP contribution < -0.4 is 0 Å². The van der Waals surface area contributed by atoms with Crippen molar-refractivity contribution in [1.82, 2.24) is 0 Å². The zero-order chi connectivity index (χ0) is 6.27. The second-order valence-corrected chi connectivity index (χ2v) is 2.68. The smallest absolute Gasteiger partial charge is 0.0877 e. The molecule has 1 N–H and O–H groups in total. The number of rotatable bonds is 1. The molecule has 1 aliphatic heterocycles. The first-order valence-corrected chi connectivity index (χ1v) is 3.35. The molecule has 1 heterocycles. The van der Waals surface area contributed by atoms with Gasteiger partial charge < -0.3 is 9.84 Å². The zero-order valence-electron chi connectivity index (χ0n) is 5.16. The number of aliphatic hydroxyl groups excluding tert-OH is 1. The highest BCUT2D eigenvalue weighted by atomic mass is 16.5. The fourth-order valence-corrected chi connectivity index (χ4v) is 1.57. The van der Waals surface area contributed by atoms with Gasteiger partial charge in [-0.05, 0) is 6.42 Å². The topological polar surface area (TPSA) is 29.5 Å². The van der Waals surface area contributed by atoms with Crippen LogP contribution in [0.4, 0.5) is 0 Å². The number of fused-ring (bicyclic) bond motifs is 2. The van der Waals surface area contributed by atoms with Crippen molar-refractivity contribution in [2.24, 2.45) is 5.92 Å². The molecule has 2 bridgehead atoms. The molecule has 0 aromatic rings. The Morgan fingerprint density at radius 3 is 2.78 bits per heavy atom. The van der Waals surface area contributed by atoms with Crippen LogP contribution in [0, 0.1) is 5.92 Å². The lowest BCUT2D eigenvalue weighted by Crippen LogP contribution is -2.21. The van der Waals surface area contributed by atoms with Crippen LogP contribution in [0.5, 0.6) is 0 Å². The SMILES string of the molecule is OCC1OC2C=CC1C2. The molecule has 1 fully saturated rings. The van der Waals surface area contributed by atoms with E-state index in [1.165, 1.54) is 0 Å². The summed E-state index contributed by atoms with van der Waals surface area (Å²) >= 11 is 0. The minimum atomic E-state index is 0.0972. The van der Waals surface area contributed by atoms with Crippen molar-refractivity contribution in [2.75, 3.05) is 6.61 Å². The molecule has 2 nitrogen and oxygen atoms in total. The Morgan fingerprint density at radius 2 is 2.44 bits per heavy atom. The molecule has 1 saturated heterocycles. The first-order chi connectivity index (χ1) is 4.40. The van der Waals surface area contributed by atoms with Gasteiger partial charge in [0, 0.05) is 5.92 Å². The third kappa shape index (κ3) is 0.705. The molecule has 2 rings (SSSR count). The fourth-order valence-electron chi connectivity index (χ4n) is 1.57. The van der Waals surface area contributed by atoms with Gasteiger partial charge in [-0.3, -0.25) is 0 Å². The molecule has 0 radical (unpaired) electrons. The van der Waals surface area contributed by atoms with Crippen LogP contribution in [0.15, 0.2) is 12.2 Å². The summed E-state index contributed by atoms with van der Waals surface area (Å²) in [7, 11) is 0. The Labute approximate surface area is 54.1 Å². The van der Waals surface area contributed by atoms with Gasteiger partial charge in [-0.2, -0.15) is 0 Å². The lowest BCUT2D eigenvalue weighted by Gasteiger charge is -2.14. The minimum absolute atomic E-state index is 0.0972. The number of hydrogen-bond acceptors (Lipinski definition) is 2. The zero-order valence-corrected chi connectivity index (χ0v) is 5.16. The lowest BCUT2D eigenvalue weighted by molar-refractivity contribution is 0.0156. The Balaban J connectivity index is 2.10. The highest BCUT2D eigenvalue weighted by Gasteiger charge is 2.35. The van der Waals surface area contributed by atoms with E-state index in [0.29, 0.717) is 12.0 Å². The predicted molar refractivity (Wildman–Crippen MR) is 33.0 cm³/mol. The maximum atomic E-state index is 8.73. The van der Waals surface area contributed by atoms with E-state index in [1.807, 2.05) is 0 Å². The first kappa shape index (κ1) is 5.45. The van der Waals surface area contributed by atoms with Gasteiger partial charge in [0.2, 0.25) is 0 Å².